The third-order valence-corrected chi connectivity index (χ3v) is 3.13. The number of carbonyl (C=O) groups excluding carboxylic acids is 1. The van der Waals surface area contributed by atoms with E-state index in [1.807, 2.05) is 0 Å². The highest BCUT2D eigenvalue weighted by Gasteiger charge is 2.52. The summed E-state index contributed by atoms with van der Waals surface area (Å²) >= 11 is 0. The van der Waals surface area contributed by atoms with Crippen LogP contribution < -0.4 is 0 Å². The summed E-state index contributed by atoms with van der Waals surface area (Å²) in [6.07, 6.45) is -1.19. The molecule has 1 aliphatic heterocycles. The molecule has 0 saturated carbocycles. The lowest BCUT2D eigenvalue weighted by molar-refractivity contribution is -0.158. The number of hydrogen-bond acceptors (Lipinski definition) is 6. The lowest BCUT2D eigenvalue weighted by Gasteiger charge is -2.32. The van der Waals surface area contributed by atoms with E-state index < -0.39 is 36.2 Å². The first-order valence-corrected chi connectivity index (χ1v) is 5.76. The average Bonchev–Trinajstić information content (AvgIpc) is 2.64. The molecule has 0 aromatic heterocycles. The minimum absolute atomic E-state index is 0.259. The van der Waals surface area contributed by atoms with Crippen LogP contribution >= 0.6 is 0 Å². The number of aliphatic hydroxyl groups is 1. The van der Waals surface area contributed by atoms with Crippen molar-refractivity contribution in [3.8, 4) is 0 Å². The predicted octanol–water partition coefficient (Wildman–Crippen LogP) is -0.00460. The van der Waals surface area contributed by atoms with E-state index in [1.54, 1.807) is 13.8 Å². The molecule has 0 radical (unpaired) electrons. The number of esters is 1. The summed E-state index contributed by atoms with van der Waals surface area (Å²) in [6.45, 7) is 3.51. The van der Waals surface area contributed by atoms with E-state index in [-0.39, 0.29) is 5.57 Å². The number of methoxy groups -OCH3 is 2. The van der Waals surface area contributed by atoms with Gasteiger partial charge in [-0.3, -0.25) is 0 Å². The van der Waals surface area contributed by atoms with E-state index in [1.165, 1.54) is 20.3 Å². The summed E-state index contributed by atoms with van der Waals surface area (Å²) in [4.78, 5) is 11.7. The van der Waals surface area contributed by atoms with Crippen LogP contribution in [0.3, 0.4) is 0 Å². The maximum atomic E-state index is 11.7. The Hall–Kier alpha value is -0.950. The van der Waals surface area contributed by atoms with Gasteiger partial charge in [0.2, 0.25) is 0 Å². The van der Waals surface area contributed by atoms with Crippen LogP contribution in [-0.4, -0.2) is 55.5 Å². The second-order valence-corrected chi connectivity index (χ2v) is 4.83. The van der Waals surface area contributed by atoms with Gasteiger partial charge in [-0.05, 0) is 19.9 Å². The average molecular weight is 258 g/mol. The van der Waals surface area contributed by atoms with Crippen LogP contribution in [0.15, 0.2) is 11.6 Å². The lowest BCUT2D eigenvalue weighted by atomic mass is 9.89. The first kappa shape index (κ1) is 13.5. The Balaban J connectivity index is 2.32. The molecule has 1 fully saturated rings. The predicted molar refractivity (Wildman–Crippen MR) is 60.7 cm³/mol. The molecule has 1 N–H and O–H groups in total. The van der Waals surface area contributed by atoms with E-state index in [0.717, 1.165) is 0 Å². The van der Waals surface area contributed by atoms with Gasteiger partial charge in [0.05, 0.1) is 12.7 Å². The second-order valence-electron chi connectivity index (χ2n) is 4.83. The van der Waals surface area contributed by atoms with Gasteiger partial charge >= 0.3 is 5.97 Å². The molecule has 4 atom stereocenters. The Kier molecular flexibility index (Phi) is 3.46. The van der Waals surface area contributed by atoms with E-state index in [0.29, 0.717) is 0 Å². The van der Waals surface area contributed by atoms with Gasteiger partial charge in [-0.2, -0.15) is 0 Å². The summed E-state index contributed by atoms with van der Waals surface area (Å²) in [7, 11) is 2.76. The van der Waals surface area contributed by atoms with Crippen molar-refractivity contribution in [2.24, 2.45) is 0 Å². The zero-order chi connectivity index (χ0) is 13.5. The van der Waals surface area contributed by atoms with E-state index in [9.17, 15) is 9.90 Å². The van der Waals surface area contributed by atoms with Crippen molar-refractivity contribution >= 4 is 5.97 Å². The molecule has 0 aromatic rings. The fraction of sp³-hybridized carbons (Fsp3) is 0.750. The normalized spacial score (nSPS) is 37.9. The van der Waals surface area contributed by atoms with E-state index in [4.69, 9.17) is 14.2 Å². The SMILES string of the molecule is COC(=O)C1=C[C@H](O)[C@@H]2OC(C)(C)O[C@@H]2[C@H]1OC. The maximum absolute atomic E-state index is 11.7. The molecule has 0 bridgehead atoms. The van der Waals surface area contributed by atoms with Gasteiger partial charge in [-0.1, -0.05) is 0 Å². The molecule has 102 valence electrons. The monoisotopic (exact) mass is 258 g/mol. The Morgan fingerprint density at radius 3 is 2.50 bits per heavy atom. The third kappa shape index (κ3) is 2.16. The van der Waals surface area contributed by atoms with Crippen molar-refractivity contribution in [2.75, 3.05) is 14.2 Å². The molecule has 18 heavy (non-hydrogen) atoms. The highest BCUT2D eigenvalue weighted by Crippen LogP contribution is 2.38. The summed E-state index contributed by atoms with van der Waals surface area (Å²) < 4.78 is 21.3. The molecule has 0 amide bonds. The molecule has 1 aliphatic carbocycles. The van der Waals surface area contributed by atoms with Crippen LogP contribution in [0, 0.1) is 0 Å². The summed E-state index contributed by atoms with van der Waals surface area (Å²) in [5, 5.41) is 9.99. The summed E-state index contributed by atoms with van der Waals surface area (Å²) in [5.74, 6) is -1.35. The van der Waals surface area contributed by atoms with Crippen LogP contribution in [0.2, 0.25) is 0 Å². The minimum atomic E-state index is -0.919. The fourth-order valence-electron chi connectivity index (χ4n) is 2.43. The van der Waals surface area contributed by atoms with Gasteiger partial charge in [0, 0.05) is 7.11 Å². The standard InChI is InChI=1S/C12H18O6/c1-12(2)17-9-7(13)5-6(11(14)16-4)8(15-3)10(9)18-12/h5,7-10,13H,1-4H3/t7-,8-,9-,10+/m0/s1. The largest absolute Gasteiger partial charge is 0.466 e. The summed E-state index contributed by atoms with van der Waals surface area (Å²) in [5.41, 5.74) is 0.259. The maximum Gasteiger partial charge on any atom is 0.336 e. The van der Waals surface area contributed by atoms with E-state index in [2.05, 4.69) is 4.74 Å². The quantitative estimate of drug-likeness (QED) is 0.702. The Morgan fingerprint density at radius 1 is 1.33 bits per heavy atom. The molecule has 2 rings (SSSR count). The van der Waals surface area contributed by atoms with Crippen molar-refractivity contribution in [1.29, 1.82) is 0 Å². The number of carbonyl (C=O) groups is 1. The van der Waals surface area contributed by atoms with Crippen molar-refractivity contribution in [1.82, 2.24) is 0 Å². The first-order chi connectivity index (χ1) is 8.39. The minimum Gasteiger partial charge on any atom is -0.466 e. The molecule has 1 heterocycles. The van der Waals surface area contributed by atoms with Gasteiger partial charge in [-0.25, -0.2) is 4.79 Å². The van der Waals surface area contributed by atoms with Crippen molar-refractivity contribution in [3.05, 3.63) is 11.6 Å². The number of fused-ring (bicyclic) bond motifs is 1. The van der Waals surface area contributed by atoms with E-state index >= 15 is 0 Å². The van der Waals surface area contributed by atoms with Gasteiger partial charge in [-0.15, -0.1) is 0 Å². The zero-order valence-corrected chi connectivity index (χ0v) is 10.9. The summed E-state index contributed by atoms with van der Waals surface area (Å²) in [6, 6.07) is 0. The molecule has 0 aromatic carbocycles. The Labute approximate surface area is 105 Å². The number of rotatable bonds is 2. The molecule has 0 unspecified atom stereocenters. The van der Waals surface area contributed by atoms with Crippen LogP contribution in [0.4, 0.5) is 0 Å². The van der Waals surface area contributed by atoms with Gasteiger partial charge < -0.3 is 24.1 Å². The number of ether oxygens (including phenoxy) is 4. The highest BCUT2D eigenvalue weighted by atomic mass is 16.8. The number of hydrogen-bond donors (Lipinski definition) is 1. The van der Waals surface area contributed by atoms with Gasteiger partial charge in [0.15, 0.2) is 5.79 Å². The van der Waals surface area contributed by atoms with Crippen LogP contribution in [0.25, 0.3) is 0 Å². The van der Waals surface area contributed by atoms with Crippen molar-refractivity contribution in [3.63, 3.8) is 0 Å². The van der Waals surface area contributed by atoms with Crippen LogP contribution in [0.5, 0.6) is 0 Å². The topological polar surface area (TPSA) is 74.2 Å². The van der Waals surface area contributed by atoms with Gasteiger partial charge in [0.1, 0.15) is 24.4 Å². The Bertz CT molecular complexity index is 375. The lowest BCUT2D eigenvalue weighted by Crippen LogP contribution is -2.49. The Morgan fingerprint density at radius 2 is 1.94 bits per heavy atom. The molecule has 6 heteroatoms. The van der Waals surface area contributed by atoms with Gasteiger partial charge in [0.25, 0.3) is 0 Å². The smallest absolute Gasteiger partial charge is 0.336 e. The first-order valence-electron chi connectivity index (χ1n) is 5.76. The van der Waals surface area contributed by atoms with Crippen LogP contribution in [0.1, 0.15) is 13.8 Å². The molecule has 1 saturated heterocycles. The molecule has 6 nitrogen and oxygen atoms in total. The van der Waals surface area contributed by atoms with Crippen molar-refractivity contribution < 1.29 is 28.8 Å². The zero-order valence-electron chi connectivity index (χ0n) is 10.9. The molecule has 2 aliphatic rings. The fourth-order valence-corrected chi connectivity index (χ4v) is 2.43. The molecular formula is C12H18O6. The molecular weight excluding hydrogens is 240 g/mol. The van der Waals surface area contributed by atoms with Crippen LogP contribution in [-0.2, 0) is 23.7 Å². The highest BCUT2D eigenvalue weighted by molar-refractivity contribution is 5.90. The second kappa shape index (κ2) is 4.62. The number of aliphatic hydroxyl groups excluding tert-OH is 1. The van der Waals surface area contributed by atoms with Crippen molar-refractivity contribution in [2.45, 2.75) is 44.1 Å². The molecule has 0 spiro atoms. The third-order valence-electron chi connectivity index (χ3n) is 3.13.